The fourth-order valence-electron chi connectivity index (χ4n) is 2.68. The van der Waals surface area contributed by atoms with Crippen LogP contribution >= 0.6 is 0 Å². The molecule has 1 heterocycles. The van der Waals surface area contributed by atoms with E-state index in [-0.39, 0.29) is 0 Å². The van der Waals surface area contributed by atoms with E-state index in [1.165, 1.54) is 38.5 Å². The van der Waals surface area contributed by atoms with Crippen LogP contribution in [0.25, 0.3) is 0 Å². The minimum Gasteiger partial charge on any atom is -0.481 e. The fraction of sp³-hybridized carbons (Fsp3) is 0.917. The predicted molar refractivity (Wildman–Crippen MR) is 58.8 cm³/mol. The summed E-state index contributed by atoms with van der Waals surface area (Å²) in [7, 11) is 0. The third kappa shape index (κ3) is 3.20. The van der Waals surface area contributed by atoms with Gasteiger partial charge in [-0.15, -0.1) is 0 Å². The van der Waals surface area contributed by atoms with Gasteiger partial charge in [0.05, 0.1) is 6.42 Å². The van der Waals surface area contributed by atoms with E-state index in [1.54, 1.807) is 0 Å². The van der Waals surface area contributed by atoms with Crippen LogP contribution in [0.1, 0.15) is 44.9 Å². The number of carboxylic acids is 1. The van der Waals surface area contributed by atoms with E-state index in [2.05, 4.69) is 4.90 Å². The molecular formula is C12H21NO2. The van der Waals surface area contributed by atoms with Crippen molar-refractivity contribution in [3.63, 3.8) is 0 Å². The van der Waals surface area contributed by atoms with Gasteiger partial charge in [0.2, 0.25) is 0 Å². The Morgan fingerprint density at radius 3 is 2.27 bits per heavy atom. The Balaban J connectivity index is 1.92. The van der Waals surface area contributed by atoms with Gasteiger partial charge in [-0.05, 0) is 44.7 Å². The fourth-order valence-corrected chi connectivity index (χ4v) is 2.68. The molecule has 1 saturated heterocycles. The molecule has 86 valence electrons. The first-order valence-electron chi connectivity index (χ1n) is 6.23. The molecule has 1 unspecified atom stereocenters. The van der Waals surface area contributed by atoms with Gasteiger partial charge in [-0.3, -0.25) is 9.69 Å². The van der Waals surface area contributed by atoms with Crippen molar-refractivity contribution in [2.75, 3.05) is 13.1 Å². The minimum absolute atomic E-state index is 0.334. The van der Waals surface area contributed by atoms with E-state index in [4.69, 9.17) is 5.11 Å². The highest BCUT2D eigenvalue weighted by molar-refractivity contribution is 5.67. The molecule has 3 nitrogen and oxygen atoms in total. The molecule has 3 heteroatoms. The quantitative estimate of drug-likeness (QED) is 0.774. The molecular weight excluding hydrogens is 190 g/mol. The lowest BCUT2D eigenvalue weighted by molar-refractivity contribution is -0.138. The molecule has 0 aromatic heterocycles. The summed E-state index contributed by atoms with van der Waals surface area (Å²) < 4.78 is 0. The summed E-state index contributed by atoms with van der Waals surface area (Å²) in [6, 6.07) is 0.334. The Hall–Kier alpha value is -0.570. The molecule has 1 aliphatic heterocycles. The van der Waals surface area contributed by atoms with Crippen LogP contribution in [0.15, 0.2) is 0 Å². The number of carbonyl (C=O) groups is 1. The predicted octanol–water partition coefficient (Wildman–Crippen LogP) is 2.12. The summed E-state index contributed by atoms with van der Waals surface area (Å²) in [6.07, 6.45) is 7.99. The van der Waals surface area contributed by atoms with E-state index in [0.717, 1.165) is 13.1 Å². The summed E-state index contributed by atoms with van der Waals surface area (Å²) in [5.74, 6) is 0.0512. The van der Waals surface area contributed by atoms with E-state index in [0.29, 0.717) is 18.4 Å². The Morgan fingerprint density at radius 1 is 1.20 bits per heavy atom. The summed E-state index contributed by atoms with van der Waals surface area (Å²) in [5.41, 5.74) is 0. The number of likely N-dealkylation sites (tertiary alicyclic amines) is 1. The van der Waals surface area contributed by atoms with Crippen molar-refractivity contribution in [3.8, 4) is 0 Å². The van der Waals surface area contributed by atoms with Crippen molar-refractivity contribution in [2.24, 2.45) is 5.92 Å². The molecule has 2 fully saturated rings. The molecule has 2 aliphatic rings. The summed E-state index contributed by atoms with van der Waals surface area (Å²) in [5, 5.41) is 8.93. The molecule has 0 radical (unpaired) electrons. The molecule has 15 heavy (non-hydrogen) atoms. The van der Waals surface area contributed by atoms with Crippen LogP contribution in [0.3, 0.4) is 0 Å². The van der Waals surface area contributed by atoms with Crippen molar-refractivity contribution in [2.45, 2.75) is 51.0 Å². The molecule has 0 aromatic carbocycles. The van der Waals surface area contributed by atoms with E-state index < -0.39 is 5.97 Å². The summed E-state index contributed by atoms with van der Waals surface area (Å²) in [4.78, 5) is 13.3. The molecule has 1 aliphatic carbocycles. The van der Waals surface area contributed by atoms with Crippen LogP contribution < -0.4 is 0 Å². The molecule has 1 saturated carbocycles. The van der Waals surface area contributed by atoms with Crippen molar-refractivity contribution in [1.82, 2.24) is 4.90 Å². The monoisotopic (exact) mass is 211 g/mol. The Morgan fingerprint density at radius 2 is 1.80 bits per heavy atom. The number of carboxylic acid groups (broad SMARTS) is 1. The Labute approximate surface area is 91.5 Å². The van der Waals surface area contributed by atoms with Crippen LogP contribution in [0.5, 0.6) is 0 Å². The van der Waals surface area contributed by atoms with Gasteiger partial charge < -0.3 is 5.11 Å². The third-order valence-electron chi connectivity index (χ3n) is 3.66. The van der Waals surface area contributed by atoms with Crippen LogP contribution in [-0.4, -0.2) is 35.1 Å². The number of hydrogen-bond acceptors (Lipinski definition) is 2. The number of hydrogen-bond donors (Lipinski definition) is 1. The van der Waals surface area contributed by atoms with Gasteiger partial charge in [0.1, 0.15) is 0 Å². The van der Waals surface area contributed by atoms with Crippen molar-refractivity contribution >= 4 is 5.97 Å². The molecule has 0 amide bonds. The highest BCUT2D eigenvalue weighted by Gasteiger charge is 2.36. The first-order valence-corrected chi connectivity index (χ1v) is 6.23. The van der Waals surface area contributed by atoms with Crippen LogP contribution in [-0.2, 0) is 4.79 Å². The molecule has 1 atom stereocenters. The molecule has 1 N–H and O–H groups in total. The maximum Gasteiger partial charge on any atom is 0.304 e. The summed E-state index contributed by atoms with van der Waals surface area (Å²) in [6.45, 7) is 2.24. The van der Waals surface area contributed by atoms with Gasteiger partial charge in [-0.2, -0.15) is 0 Å². The van der Waals surface area contributed by atoms with Crippen molar-refractivity contribution < 1.29 is 9.90 Å². The van der Waals surface area contributed by atoms with Crippen LogP contribution in [0, 0.1) is 5.92 Å². The van der Waals surface area contributed by atoms with Gasteiger partial charge in [0, 0.05) is 6.04 Å². The normalized spacial score (nSPS) is 25.9. The van der Waals surface area contributed by atoms with E-state index >= 15 is 0 Å². The number of nitrogens with zero attached hydrogens (tertiary/aromatic N) is 1. The highest BCUT2D eigenvalue weighted by Crippen LogP contribution is 2.37. The summed E-state index contributed by atoms with van der Waals surface area (Å²) >= 11 is 0. The zero-order valence-electron chi connectivity index (χ0n) is 9.32. The average molecular weight is 211 g/mol. The minimum atomic E-state index is -0.629. The molecule has 0 bridgehead atoms. The van der Waals surface area contributed by atoms with Gasteiger partial charge in [-0.1, -0.05) is 12.8 Å². The maximum atomic E-state index is 10.8. The smallest absolute Gasteiger partial charge is 0.304 e. The van der Waals surface area contributed by atoms with E-state index in [1.807, 2.05) is 0 Å². The second-order valence-electron chi connectivity index (χ2n) is 4.95. The first kappa shape index (κ1) is 10.9. The van der Waals surface area contributed by atoms with Crippen molar-refractivity contribution in [1.29, 1.82) is 0 Å². The topological polar surface area (TPSA) is 40.5 Å². The number of aliphatic carboxylic acids is 1. The lowest BCUT2D eigenvalue weighted by Crippen LogP contribution is -2.39. The Kier molecular flexibility index (Phi) is 3.62. The standard InChI is InChI=1S/C12H21NO2/c14-12(15)9-11(10-5-6-10)13-7-3-1-2-4-8-13/h10-11H,1-9H2,(H,14,15). The number of rotatable bonds is 4. The maximum absolute atomic E-state index is 10.8. The van der Waals surface area contributed by atoms with Gasteiger partial charge in [-0.25, -0.2) is 0 Å². The average Bonchev–Trinajstić information content (AvgIpc) is 3.02. The first-order chi connectivity index (χ1) is 7.27. The largest absolute Gasteiger partial charge is 0.481 e. The van der Waals surface area contributed by atoms with Gasteiger partial charge in [0.25, 0.3) is 0 Å². The van der Waals surface area contributed by atoms with Gasteiger partial charge in [0.15, 0.2) is 0 Å². The van der Waals surface area contributed by atoms with Crippen LogP contribution in [0.4, 0.5) is 0 Å². The molecule has 0 spiro atoms. The molecule has 0 aromatic rings. The second-order valence-corrected chi connectivity index (χ2v) is 4.95. The van der Waals surface area contributed by atoms with E-state index in [9.17, 15) is 4.79 Å². The molecule has 2 rings (SSSR count). The zero-order valence-corrected chi connectivity index (χ0v) is 9.32. The second kappa shape index (κ2) is 4.97. The third-order valence-corrected chi connectivity index (χ3v) is 3.66. The lowest BCUT2D eigenvalue weighted by Gasteiger charge is -2.29. The Bertz CT molecular complexity index is 218. The SMILES string of the molecule is O=C(O)CC(C1CC1)N1CCCCCC1. The van der Waals surface area contributed by atoms with Crippen molar-refractivity contribution in [3.05, 3.63) is 0 Å². The highest BCUT2D eigenvalue weighted by atomic mass is 16.4. The lowest BCUT2D eigenvalue weighted by atomic mass is 10.1. The van der Waals surface area contributed by atoms with Gasteiger partial charge >= 0.3 is 5.97 Å². The van der Waals surface area contributed by atoms with Crippen LogP contribution in [0.2, 0.25) is 0 Å². The zero-order chi connectivity index (χ0) is 10.7.